The van der Waals surface area contributed by atoms with Gasteiger partial charge in [0.15, 0.2) is 5.84 Å². The minimum atomic E-state index is -0.153. The van der Waals surface area contributed by atoms with E-state index in [0.717, 1.165) is 30.7 Å². The topological polar surface area (TPSA) is 76.4 Å². The molecule has 0 aromatic carbocycles. The van der Waals surface area contributed by atoms with Crippen LogP contribution in [-0.2, 0) is 12.8 Å². The lowest BCUT2D eigenvalue weighted by molar-refractivity contribution is 0.312. The molecular formula is C11H20N4O. The molecule has 16 heavy (non-hydrogen) atoms. The van der Waals surface area contributed by atoms with Gasteiger partial charge in [0.05, 0.1) is 5.69 Å². The van der Waals surface area contributed by atoms with E-state index < -0.39 is 0 Å². The number of nitrogens with two attached hydrogens (primary N) is 1. The first kappa shape index (κ1) is 12.5. The van der Waals surface area contributed by atoms with Gasteiger partial charge in [-0.25, -0.2) is 0 Å². The number of aryl methyl sites for hydroxylation is 2. The molecule has 90 valence electrons. The summed E-state index contributed by atoms with van der Waals surface area (Å²) < 4.78 is 1.87. The zero-order chi connectivity index (χ0) is 12.1. The molecule has 0 radical (unpaired) electrons. The van der Waals surface area contributed by atoms with Crippen molar-refractivity contribution < 1.29 is 5.21 Å². The first-order valence-corrected chi connectivity index (χ1v) is 5.72. The lowest BCUT2D eigenvalue weighted by Gasteiger charge is -2.16. The molecule has 0 saturated carbocycles. The molecule has 0 fully saturated rings. The number of hydrogen-bond acceptors (Lipinski definition) is 3. The highest BCUT2D eigenvalue weighted by Gasteiger charge is 2.18. The van der Waals surface area contributed by atoms with E-state index in [2.05, 4.69) is 30.2 Å². The molecule has 1 unspecified atom stereocenters. The van der Waals surface area contributed by atoms with Crippen molar-refractivity contribution in [2.45, 2.75) is 46.1 Å². The Bertz CT molecular complexity index is 370. The summed E-state index contributed by atoms with van der Waals surface area (Å²) in [5.41, 5.74) is 7.84. The third-order valence-electron chi connectivity index (χ3n) is 2.73. The highest BCUT2D eigenvalue weighted by atomic mass is 16.4. The van der Waals surface area contributed by atoms with Crippen LogP contribution in [0.25, 0.3) is 0 Å². The molecule has 0 aliphatic rings. The Balaban J connectivity index is 3.12. The quantitative estimate of drug-likeness (QED) is 0.346. The number of nitrogens with zero attached hydrogens (tertiary/aromatic N) is 3. The van der Waals surface area contributed by atoms with E-state index in [4.69, 9.17) is 10.9 Å². The van der Waals surface area contributed by atoms with E-state index in [-0.39, 0.29) is 11.9 Å². The van der Waals surface area contributed by atoms with E-state index in [1.54, 1.807) is 0 Å². The molecule has 0 saturated heterocycles. The van der Waals surface area contributed by atoms with Gasteiger partial charge in [-0.1, -0.05) is 25.9 Å². The number of oxime groups is 1. The van der Waals surface area contributed by atoms with Crippen LogP contribution >= 0.6 is 0 Å². The van der Waals surface area contributed by atoms with Crippen LogP contribution in [0.2, 0.25) is 0 Å². The average molecular weight is 224 g/mol. The molecule has 1 rings (SSSR count). The minimum Gasteiger partial charge on any atom is -0.409 e. The molecule has 0 aliphatic heterocycles. The Morgan fingerprint density at radius 1 is 1.50 bits per heavy atom. The maximum Gasteiger partial charge on any atom is 0.164 e. The van der Waals surface area contributed by atoms with Crippen molar-refractivity contribution in [3.05, 3.63) is 17.5 Å². The summed E-state index contributed by atoms with van der Waals surface area (Å²) in [5.74, 6) is 0.211. The van der Waals surface area contributed by atoms with E-state index in [9.17, 15) is 0 Å². The Morgan fingerprint density at radius 3 is 2.62 bits per heavy atom. The summed E-state index contributed by atoms with van der Waals surface area (Å²) in [6, 6.07) is 1.92. The van der Waals surface area contributed by atoms with Crippen molar-refractivity contribution in [3.63, 3.8) is 0 Å². The fourth-order valence-corrected chi connectivity index (χ4v) is 1.77. The SMILES string of the molecule is CCc1cc(CC)n(C(CC)/C(N)=N/O)n1. The molecule has 1 aromatic rings. The molecule has 0 spiro atoms. The molecular weight excluding hydrogens is 204 g/mol. The standard InChI is InChI=1S/C11H20N4O/c1-4-8-7-9(5-2)15(13-8)10(6-3)11(12)14-16/h7,10,16H,4-6H2,1-3H3,(H2,12,14). The molecule has 1 heterocycles. The maximum atomic E-state index is 8.75. The summed E-state index contributed by atoms with van der Waals surface area (Å²) in [7, 11) is 0. The van der Waals surface area contributed by atoms with Crippen LogP contribution < -0.4 is 5.73 Å². The van der Waals surface area contributed by atoms with Crippen molar-refractivity contribution in [2.75, 3.05) is 0 Å². The second-order valence-corrected chi connectivity index (χ2v) is 3.73. The fourth-order valence-electron chi connectivity index (χ4n) is 1.77. The van der Waals surface area contributed by atoms with Crippen LogP contribution in [0.3, 0.4) is 0 Å². The smallest absolute Gasteiger partial charge is 0.164 e. The van der Waals surface area contributed by atoms with E-state index in [1.165, 1.54) is 0 Å². The zero-order valence-corrected chi connectivity index (χ0v) is 10.1. The van der Waals surface area contributed by atoms with E-state index in [1.807, 2.05) is 11.6 Å². The molecule has 1 atom stereocenters. The minimum absolute atomic E-state index is 0.153. The van der Waals surface area contributed by atoms with Gasteiger partial charge in [-0.15, -0.1) is 0 Å². The van der Waals surface area contributed by atoms with E-state index >= 15 is 0 Å². The first-order valence-electron chi connectivity index (χ1n) is 5.72. The lowest BCUT2D eigenvalue weighted by Crippen LogP contribution is -2.28. The summed E-state index contributed by atoms with van der Waals surface area (Å²) in [5, 5.41) is 16.3. The first-order chi connectivity index (χ1) is 7.67. The largest absolute Gasteiger partial charge is 0.409 e. The van der Waals surface area contributed by atoms with Crippen molar-refractivity contribution in [2.24, 2.45) is 10.9 Å². The zero-order valence-electron chi connectivity index (χ0n) is 10.1. The Morgan fingerprint density at radius 2 is 2.19 bits per heavy atom. The van der Waals surface area contributed by atoms with Crippen LogP contribution in [0, 0.1) is 0 Å². The monoisotopic (exact) mass is 224 g/mol. The summed E-state index contributed by atoms with van der Waals surface area (Å²) >= 11 is 0. The van der Waals surface area contributed by atoms with Gasteiger partial charge in [0.2, 0.25) is 0 Å². The second kappa shape index (κ2) is 5.53. The fraction of sp³-hybridized carbons (Fsp3) is 0.636. The van der Waals surface area contributed by atoms with Crippen LogP contribution in [0.1, 0.15) is 44.6 Å². The number of aromatic nitrogens is 2. The molecule has 0 amide bonds. The van der Waals surface area contributed by atoms with E-state index in [0.29, 0.717) is 0 Å². The lowest BCUT2D eigenvalue weighted by atomic mass is 10.2. The Kier molecular flexibility index (Phi) is 4.34. The second-order valence-electron chi connectivity index (χ2n) is 3.73. The molecule has 0 bridgehead atoms. The maximum absolute atomic E-state index is 8.75. The molecule has 0 aliphatic carbocycles. The number of rotatable bonds is 5. The molecule has 5 heteroatoms. The highest BCUT2D eigenvalue weighted by Crippen LogP contribution is 2.16. The summed E-state index contributed by atoms with van der Waals surface area (Å²) in [6.07, 6.45) is 2.54. The van der Waals surface area contributed by atoms with Crippen molar-refractivity contribution >= 4 is 5.84 Å². The molecule has 3 N–H and O–H groups in total. The highest BCUT2D eigenvalue weighted by molar-refractivity contribution is 5.83. The van der Waals surface area contributed by atoms with Crippen LogP contribution in [0.5, 0.6) is 0 Å². The van der Waals surface area contributed by atoms with Crippen molar-refractivity contribution in [3.8, 4) is 0 Å². The third kappa shape index (κ3) is 2.35. The van der Waals surface area contributed by atoms with Gasteiger partial charge in [-0.05, 0) is 25.3 Å². The van der Waals surface area contributed by atoms with Gasteiger partial charge in [-0.3, -0.25) is 4.68 Å². The Labute approximate surface area is 95.9 Å². The number of hydrogen-bond donors (Lipinski definition) is 2. The van der Waals surface area contributed by atoms with Gasteiger partial charge >= 0.3 is 0 Å². The predicted molar refractivity (Wildman–Crippen MR) is 63.7 cm³/mol. The third-order valence-corrected chi connectivity index (χ3v) is 2.73. The normalized spacial score (nSPS) is 14.1. The molecule has 5 nitrogen and oxygen atoms in total. The van der Waals surface area contributed by atoms with Crippen LogP contribution in [-0.4, -0.2) is 20.8 Å². The van der Waals surface area contributed by atoms with Gasteiger partial charge in [0, 0.05) is 5.69 Å². The van der Waals surface area contributed by atoms with Crippen molar-refractivity contribution in [1.82, 2.24) is 9.78 Å². The van der Waals surface area contributed by atoms with Gasteiger partial charge < -0.3 is 10.9 Å². The molecule has 1 aromatic heterocycles. The Hall–Kier alpha value is -1.52. The van der Waals surface area contributed by atoms with Gasteiger partial charge in [-0.2, -0.15) is 5.10 Å². The van der Waals surface area contributed by atoms with Gasteiger partial charge in [0.1, 0.15) is 6.04 Å². The van der Waals surface area contributed by atoms with Crippen LogP contribution in [0.15, 0.2) is 11.2 Å². The summed E-state index contributed by atoms with van der Waals surface area (Å²) in [6.45, 7) is 6.14. The average Bonchev–Trinajstić information content (AvgIpc) is 2.73. The predicted octanol–water partition coefficient (Wildman–Crippen LogP) is 1.71. The van der Waals surface area contributed by atoms with Crippen molar-refractivity contribution in [1.29, 1.82) is 0 Å². The van der Waals surface area contributed by atoms with Crippen LogP contribution in [0.4, 0.5) is 0 Å². The number of amidine groups is 1. The summed E-state index contributed by atoms with van der Waals surface area (Å²) in [4.78, 5) is 0. The van der Waals surface area contributed by atoms with Gasteiger partial charge in [0.25, 0.3) is 0 Å².